The van der Waals surface area contributed by atoms with Gasteiger partial charge in [0.25, 0.3) is 0 Å². The lowest BCUT2D eigenvalue weighted by Crippen LogP contribution is -2.32. The first-order chi connectivity index (χ1) is 26.8. The van der Waals surface area contributed by atoms with Crippen molar-refractivity contribution < 1.29 is 4.74 Å². The molecule has 1 unspecified atom stereocenters. The van der Waals surface area contributed by atoms with Crippen LogP contribution in [0.1, 0.15) is 45.1 Å². The van der Waals surface area contributed by atoms with Crippen LogP contribution >= 0.6 is 0 Å². The molecule has 254 valence electrons. The molecule has 0 aromatic heterocycles. The summed E-state index contributed by atoms with van der Waals surface area (Å²) in [5.74, 6) is 1.80. The van der Waals surface area contributed by atoms with Crippen LogP contribution < -0.4 is 10.1 Å². The molecule has 0 saturated heterocycles. The zero-order valence-corrected chi connectivity index (χ0v) is 29.4. The Morgan fingerprint density at radius 1 is 0.407 bits per heavy atom. The van der Waals surface area contributed by atoms with Gasteiger partial charge in [0.1, 0.15) is 17.7 Å². The van der Waals surface area contributed by atoms with Gasteiger partial charge in [0.2, 0.25) is 0 Å². The molecule has 1 spiro atoms. The Morgan fingerprint density at radius 3 is 1.69 bits per heavy atom. The fourth-order valence-corrected chi connectivity index (χ4v) is 9.10. The summed E-state index contributed by atoms with van der Waals surface area (Å²) >= 11 is 0. The van der Waals surface area contributed by atoms with Crippen LogP contribution in [-0.4, -0.2) is 5.71 Å². The van der Waals surface area contributed by atoms with Crippen LogP contribution in [0.3, 0.4) is 0 Å². The molecule has 0 amide bonds. The molecule has 3 nitrogen and oxygen atoms in total. The van der Waals surface area contributed by atoms with E-state index in [1.165, 1.54) is 33.4 Å². The van der Waals surface area contributed by atoms with Crippen molar-refractivity contribution in [3.05, 3.63) is 233 Å². The van der Waals surface area contributed by atoms with Gasteiger partial charge in [0.05, 0.1) is 11.1 Å². The molecule has 11 rings (SSSR count). The number of aliphatic imine (C=N–C) groups is 1. The molecule has 8 aromatic rings. The number of nitrogens with zero attached hydrogens (tertiary/aromatic N) is 1. The molecule has 0 saturated carbocycles. The van der Waals surface area contributed by atoms with E-state index in [1.54, 1.807) is 0 Å². The number of ether oxygens (including phenoxy) is 1. The summed E-state index contributed by atoms with van der Waals surface area (Å²) in [6.07, 6.45) is -0.242. The highest BCUT2D eigenvalue weighted by atomic mass is 16.5. The van der Waals surface area contributed by atoms with E-state index in [0.717, 1.165) is 61.8 Å². The van der Waals surface area contributed by atoms with Crippen LogP contribution in [-0.2, 0) is 5.41 Å². The smallest absolute Gasteiger partial charge is 0.146 e. The minimum atomic E-state index is -0.489. The minimum Gasteiger partial charge on any atom is -0.456 e. The van der Waals surface area contributed by atoms with Crippen molar-refractivity contribution in [3.8, 4) is 44.9 Å². The van der Waals surface area contributed by atoms with Crippen molar-refractivity contribution in [3.63, 3.8) is 0 Å². The van der Waals surface area contributed by atoms with Crippen molar-refractivity contribution in [1.82, 2.24) is 0 Å². The van der Waals surface area contributed by atoms with Crippen molar-refractivity contribution >= 4 is 11.4 Å². The largest absolute Gasteiger partial charge is 0.456 e. The molecule has 2 aliphatic heterocycles. The molecular formula is C51H34N2O. The SMILES string of the molecule is c1ccc(C2=NC(c3ccccc3-c3ccc(-c4cccc5c4Oc4ccccc4C54c5ccccc5-c5ccccc54)cc3)Nc3ccccc32)cc1. The Morgan fingerprint density at radius 2 is 0.944 bits per heavy atom. The third kappa shape index (κ3) is 4.45. The summed E-state index contributed by atoms with van der Waals surface area (Å²) in [5.41, 5.74) is 16.9. The van der Waals surface area contributed by atoms with E-state index in [1.807, 2.05) is 0 Å². The molecule has 0 radical (unpaired) electrons. The highest BCUT2D eigenvalue weighted by molar-refractivity contribution is 6.17. The van der Waals surface area contributed by atoms with Crippen molar-refractivity contribution in [2.75, 3.05) is 5.32 Å². The first-order valence-electron chi connectivity index (χ1n) is 18.6. The van der Waals surface area contributed by atoms with E-state index in [0.29, 0.717) is 0 Å². The molecule has 1 N–H and O–H groups in total. The molecule has 2 heterocycles. The van der Waals surface area contributed by atoms with Crippen LogP contribution in [0.5, 0.6) is 11.5 Å². The summed E-state index contributed by atoms with van der Waals surface area (Å²) < 4.78 is 6.95. The molecule has 54 heavy (non-hydrogen) atoms. The third-order valence-corrected chi connectivity index (χ3v) is 11.4. The van der Waals surface area contributed by atoms with Gasteiger partial charge in [-0.05, 0) is 51.1 Å². The predicted molar refractivity (Wildman–Crippen MR) is 220 cm³/mol. The topological polar surface area (TPSA) is 33.6 Å². The number of hydrogen-bond donors (Lipinski definition) is 1. The Bertz CT molecular complexity index is 2740. The lowest BCUT2D eigenvalue weighted by Gasteiger charge is -2.40. The van der Waals surface area contributed by atoms with Gasteiger partial charge in [-0.3, -0.25) is 4.99 Å². The monoisotopic (exact) mass is 690 g/mol. The van der Waals surface area contributed by atoms with Gasteiger partial charge in [-0.1, -0.05) is 182 Å². The van der Waals surface area contributed by atoms with Gasteiger partial charge >= 0.3 is 0 Å². The maximum absolute atomic E-state index is 6.95. The molecule has 0 fully saturated rings. The van der Waals surface area contributed by atoms with Crippen LogP contribution in [0.15, 0.2) is 199 Å². The summed E-state index contributed by atoms with van der Waals surface area (Å²) in [6, 6.07) is 69.4. The number of hydrogen-bond acceptors (Lipinski definition) is 3. The summed E-state index contributed by atoms with van der Waals surface area (Å²) in [7, 11) is 0. The second kappa shape index (κ2) is 12.0. The van der Waals surface area contributed by atoms with Gasteiger partial charge in [-0.25, -0.2) is 0 Å². The van der Waals surface area contributed by atoms with E-state index in [4.69, 9.17) is 9.73 Å². The molecule has 3 heteroatoms. The standard InChI is InChI=1S/C51H34N2O/c1-2-15-35(16-3-1)48-41-21-8-12-27-46(41)52-50(53-48)40-20-5-4-17-36(40)33-29-31-34(32-30-33)37-22-14-26-45-49(37)54-47-28-13-11-25-44(47)51(45)42-23-9-6-18-38(42)39-19-7-10-24-43(39)51/h1-32,50,52H. The Balaban J connectivity index is 1.02. The fraction of sp³-hybridized carbons (Fsp3) is 0.0392. The average Bonchev–Trinajstić information content (AvgIpc) is 3.54. The zero-order valence-electron chi connectivity index (χ0n) is 29.4. The first kappa shape index (κ1) is 30.6. The summed E-state index contributed by atoms with van der Waals surface area (Å²) in [4.78, 5) is 5.34. The second-order valence-electron chi connectivity index (χ2n) is 14.2. The van der Waals surface area contributed by atoms with Crippen molar-refractivity contribution in [2.45, 2.75) is 11.6 Å². The van der Waals surface area contributed by atoms with Crippen LogP contribution in [0.2, 0.25) is 0 Å². The second-order valence-corrected chi connectivity index (χ2v) is 14.2. The van der Waals surface area contributed by atoms with E-state index in [9.17, 15) is 0 Å². The first-order valence-corrected chi connectivity index (χ1v) is 18.6. The zero-order chi connectivity index (χ0) is 35.6. The van der Waals surface area contributed by atoms with Crippen LogP contribution in [0.25, 0.3) is 33.4 Å². The minimum absolute atomic E-state index is 0.242. The van der Waals surface area contributed by atoms with Gasteiger partial charge in [0.15, 0.2) is 0 Å². The van der Waals surface area contributed by atoms with Crippen LogP contribution in [0, 0.1) is 0 Å². The predicted octanol–water partition coefficient (Wildman–Crippen LogP) is 12.5. The quantitative estimate of drug-likeness (QED) is 0.199. The number of fused-ring (bicyclic) bond motifs is 10. The lowest BCUT2D eigenvalue weighted by atomic mass is 9.65. The van der Waals surface area contributed by atoms with E-state index < -0.39 is 5.41 Å². The Hall–Kier alpha value is -6.97. The van der Waals surface area contributed by atoms with E-state index in [2.05, 4.69) is 199 Å². The Labute approximate surface area is 314 Å². The number of rotatable bonds is 4. The Kier molecular flexibility index (Phi) is 6.83. The van der Waals surface area contributed by atoms with E-state index >= 15 is 0 Å². The van der Waals surface area contributed by atoms with Gasteiger partial charge in [-0.2, -0.15) is 0 Å². The fourth-order valence-electron chi connectivity index (χ4n) is 9.10. The molecule has 8 aromatic carbocycles. The molecule has 1 aliphatic carbocycles. The van der Waals surface area contributed by atoms with Crippen LogP contribution in [0.4, 0.5) is 5.69 Å². The third-order valence-electron chi connectivity index (χ3n) is 11.4. The summed E-state index contributed by atoms with van der Waals surface area (Å²) in [5, 5.41) is 3.74. The lowest BCUT2D eigenvalue weighted by molar-refractivity contribution is 0.438. The molecular weight excluding hydrogens is 657 g/mol. The highest BCUT2D eigenvalue weighted by Crippen LogP contribution is 2.63. The number of anilines is 1. The molecule has 1 atom stereocenters. The normalized spacial score (nSPS) is 15.4. The number of benzene rings is 8. The van der Waals surface area contributed by atoms with Gasteiger partial charge in [-0.15, -0.1) is 0 Å². The highest BCUT2D eigenvalue weighted by Gasteiger charge is 2.51. The maximum atomic E-state index is 6.95. The van der Waals surface area contributed by atoms with Gasteiger partial charge in [0, 0.05) is 39.1 Å². The summed E-state index contributed by atoms with van der Waals surface area (Å²) in [6.45, 7) is 0. The number of para-hydroxylation sites is 3. The average molecular weight is 691 g/mol. The van der Waals surface area contributed by atoms with Gasteiger partial charge < -0.3 is 10.1 Å². The van der Waals surface area contributed by atoms with E-state index in [-0.39, 0.29) is 6.17 Å². The van der Waals surface area contributed by atoms with Crippen molar-refractivity contribution in [1.29, 1.82) is 0 Å². The number of nitrogens with one attached hydrogen (secondary N) is 1. The molecule has 3 aliphatic rings. The molecule has 0 bridgehead atoms. The van der Waals surface area contributed by atoms with Crippen molar-refractivity contribution in [2.24, 2.45) is 4.99 Å². The maximum Gasteiger partial charge on any atom is 0.146 e.